The van der Waals surface area contributed by atoms with Gasteiger partial charge in [0.2, 0.25) is 5.89 Å². The van der Waals surface area contributed by atoms with E-state index in [1.165, 1.54) is 0 Å². The smallest absolute Gasteiger partial charge is 0.216 e. The number of hydrogen-bond donors (Lipinski definition) is 3. The van der Waals surface area contributed by atoms with Crippen molar-refractivity contribution in [2.75, 3.05) is 19.6 Å². The Morgan fingerprint density at radius 3 is 2.35 bits per heavy atom. The summed E-state index contributed by atoms with van der Waals surface area (Å²) < 4.78 is 5.76. The highest BCUT2D eigenvalue weighted by Crippen LogP contribution is 2.22. The molecule has 0 unspecified atom stereocenters. The molecule has 0 saturated heterocycles. The zero-order valence-electron chi connectivity index (χ0n) is 15.7. The van der Waals surface area contributed by atoms with Crippen LogP contribution in [0.2, 0.25) is 0 Å². The molecule has 1 aromatic rings. The monoisotopic (exact) mass is 323 g/mol. The maximum Gasteiger partial charge on any atom is 0.216 e. The van der Waals surface area contributed by atoms with Crippen LogP contribution in [0.5, 0.6) is 0 Å². The molecule has 3 N–H and O–H groups in total. The highest BCUT2D eigenvalue weighted by molar-refractivity contribution is 5.79. The minimum absolute atomic E-state index is 0.0314. The summed E-state index contributed by atoms with van der Waals surface area (Å²) in [4.78, 5) is 8.83. The van der Waals surface area contributed by atoms with Crippen LogP contribution in [0.15, 0.2) is 15.6 Å². The normalized spacial score (nSPS) is 13.3. The van der Waals surface area contributed by atoms with Crippen LogP contribution in [0.25, 0.3) is 0 Å². The van der Waals surface area contributed by atoms with Crippen molar-refractivity contribution in [3.8, 4) is 0 Å². The lowest BCUT2D eigenvalue weighted by atomic mass is 9.94. The van der Waals surface area contributed by atoms with Crippen molar-refractivity contribution in [3.05, 3.63) is 17.8 Å². The summed E-state index contributed by atoms with van der Waals surface area (Å²) in [6, 6.07) is 0. The fourth-order valence-corrected chi connectivity index (χ4v) is 1.84. The standard InChI is InChI=1S/C17H33N5O/c1-8-18-15(19-9-10-22-17(5,6)7)21-12-14-20-11-13(23-14)16(2,3)4/h11,22H,8-10,12H2,1-7H3,(H2,18,19,21). The van der Waals surface area contributed by atoms with E-state index in [0.717, 1.165) is 31.4 Å². The molecule has 6 heteroatoms. The Labute approximate surface area is 140 Å². The van der Waals surface area contributed by atoms with Crippen molar-refractivity contribution in [3.63, 3.8) is 0 Å². The van der Waals surface area contributed by atoms with Crippen LogP contribution in [0.3, 0.4) is 0 Å². The molecule has 6 nitrogen and oxygen atoms in total. The largest absolute Gasteiger partial charge is 0.443 e. The zero-order chi connectivity index (χ0) is 17.5. The first-order chi connectivity index (χ1) is 10.6. The first kappa shape index (κ1) is 19.5. The molecule has 0 aliphatic rings. The van der Waals surface area contributed by atoms with E-state index in [2.05, 4.69) is 67.5 Å². The second kappa shape index (κ2) is 8.34. The van der Waals surface area contributed by atoms with Gasteiger partial charge in [-0.2, -0.15) is 0 Å². The van der Waals surface area contributed by atoms with Crippen LogP contribution in [-0.2, 0) is 12.0 Å². The van der Waals surface area contributed by atoms with Crippen molar-refractivity contribution < 1.29 is 4.42 Å². The van der Waals surface area contributed by atoms with Gasteiger partial charge in [-0.25, -0.2) is 9.98 Å². The third-order valence-electron chi connectivity index (χ3n) is 3.08. The fraction of sp³-hybridized carbons (Fsp3) is 0.765. The molecule has 1 heterocycles. The molecule has 1 rings (SSSR count). The summed E-state index contributed by atoms with van der Waals surface area (Å²) in [5.74, 6) is 2.30. The Kier molecular flexibility index (Phi) is 7.06. The van der Waals surface area contributed by atoms with Gasteiger partial charge in [0.1, 0.15) is 12.3 Å². The Hall–Kier alpha value is -1.56. The van der Waals surface area contributed by atoms with E-state index < -0.39 is 0 Å². The van der Waals surface area contributed by atoms with Gasteiger partial charge in [0.15, 0.2) is 5.96 Å². The van der Waals surface area contributed by atoms with Gasteiger partial charge < -0.3 is 20.4 Å². The van der Waals surface area contributed by atoms with Gasteiger partial charge in [0.05, 0.1) is 6.20 Å². The van der Waals surface area contributed by atoms with Gasteiger partial charge in [0, 0.05) is 30.6 Å². The Morgan fingerprint density at radius 2 is 1.83 bits per heavy atom. The molecule has 0 spiro atoms. The van der Waals surface area contributed by atoms with Gasteiger partial charge in [-0.3, -0.25) is 0 Å². The van der Waals surface area contributed by atoms with Crippen molar-refractivity contribution in [1.82, 2.24) is 20.9 Å². The van der Waals surface area contributed by atoms with Crippen LogP contribution < -0.4 is 16.0 Å². The molecule has 0 atom stereocenters. The summed E-state index contributed by atoms with van der Waals surface area (Å²) in [5, 5.41) is 9.97. The second-order valence-electron chi connectivity index (χ2n) is 7.67. The van der Waals surface area contributed by atoms with Crippen LogP contribution in [0.4, 0.5) is 0 Å². The molecular formula is C17H33N5O. The third-order valence-corrected chi connectivity index (χ3v) is 3.08. The minimum Gasteiger partial charge on any atom is -0.443 e. The predicted octanol–water partition coefficient (Wildman–Crippen LogP) is 2.42. The molecule has 0 aromatic carbocycles. The molecule has 0 amide bonds. The quantitative estimate of drug-likeness (QED) is 0.426. The van der Waals surface area contributed by atoms with E-state index in [-0.39, 0.29) is 11.0 Å². The molecule has 0 aliphatic carbocycles. The Morgan fingerprint density at radius 1 is 1.13 bits per heavy atom. The minimum atomic E-state index is -0.0314. The molecule has 0 saturated carbocycles. The van der Waals surface area contributed by atoms with Gasteiger partial charge >= 0.3 is 0 Å². The van der Waals surface area contributed by atoms with Gasteiger partial charge in [-0.15, -0.1) is 0 Å². The molecule has 0 radical (unpaired) electrons. The number of aliphatic imine (C=N–C) groups is 1. The summed E-state index contributed by atoms with van der Waals surface area (Å²) in [6.45, 7) is 17.8. The van der Waals surface area contributed by atoms with Crippen molar-refractivity contribution >= 4 is 5.96 Å². The molecule has 0 fully saturated rings. The summed E-state index contributed by atoms with van der Waals surface area (Å²) in [6.07, 6.45) is 1.79. The molecular weight excluding hydrogens is 290 g/mol. The summed E-state index contributed by atoms with van der Waals surface area (Å²) >= 11 is 0. The van der Waals surface area contributed by atoms with Crippen LogP contribution in [-0.4, -0.2) is 36.1 Å². The van der Waals surface area contributed by atoms with E-state index in [1.54, 1.807) is 6.20 Å². The predicted molar refractivity (Wildman–Crippen MR) is 95.8 cm³/mol. The molecule has 1 aromatic heterocycles. The van der Waals surface area contributed by atoms with Crippen LogP contribution >= 0.6 is 0 Å². The summed E-state index contributed by atoms with van der Waals surface area (Å²) in [7, 11) is 0. The topological polar surface area (TPSA) is 74.5 Å². The lowest BCUT2D eigenvalue weighted by Crippen LogP contribution is -2.44. The lowest BCUT2D eigenvalue weighted by Gasteiger charge is -2.21. The maximum absolute atomic E-state index is 5.76. The number of hydrogen-bond acceptors (Lipinski definition) is 4. The number of nitrogens with zero attached hydrogens (tertiary/aromatic N) is 2. The van der Waals surface area contributed by atoms with E-state index in [9.17, 15) is 0 Å². The van der Waals surface area contributed by atoms with Crippen molar-refractivity contribution in [2.45, 2.75) is 66.0 Å². The molecule has 0 bridgehead atoms. The van der Waals surface area contributed by atoms with E-state index in [0.29, 0.717) is 12.4 Å². The maximum atomic E-state index is 5.76. The third kappa shape index (κ3) is 8.02. The average molecular weight is 323 g/mol. The average Bonchev–Trinajstić information content (AvgIpc) is 2.88. The number of oxazole rings is 1. The van der Waals surface area contributed by atoms with Crippen LogP contribution in [0, 0.1) is 0 Å². The number of aromatic nitrogens is 1. The molecule has 132 valence electrons. The highest BCUT2D eigenvalue weighted by Gasteiger charge is 2.19. The Bertz CT molecular complexity index is 494. The SMILES string of the molecule is CCNC(=NCc1ncc(C(C)(C)C)o1)NCCNC(C)(C)C. The van der Waals surface area contributed by atoms with Gasteiger partial charge in [-0.1, -0.05) is 20.8 Å². The first-order valence-corrected chi connectivity index (χ1v) is 8.34. The number of nitrogens with one attached hydrogen (secondary N) is 3. The Balaban J connectivity index is 2.53. The lowest BCUT2D eigenvalue weighted by molar-refractivity contribution is 0.383. The molecule has 0 aliphatic heterocycles. The fourth-order valence-electron chi connectivity index (χ4n) is 1.84. The van der Waals surface area contributed by atoms with Crippen molar-refractivity contribution in [1.29, 1.82) is 0 Å². The van der Waals surface area contributed by atoms with Gasteiger partial charge in [-0.05, 0) is 27.7 Å². The molecule has 23 heavy (non-hydrogen) atoms. The van der Waals surface area contributed by atoms with E-state index in [1.807, 2.05) is 6.92 Å². The zero-order valence-corrected chi connectivity index (χ0v) is 15.7. The second-order valence-corrected chi connectivity index (χ2v) is 7.67. The van der Waals surface area contributed by atoms with E-state index in [4.69, 9.17) is 4.42 Å². The van der Waals surface area contributed by atoms with Crippen LogP contribution in [0.1, 0.15) is 60.1 Å². The van der Waals surface area contributed by atoms with E-state index >= 15 is 0 Å². The summed E-state index contributed by atoms with van der Waals surface area (Å²) in [5.41, 5.74) is 0.0922. The van der Waals surface area contributed by atoms with Gasteiger partial charge in [0.25, 0.3) is 0 Å². The number of rotatable bonds is 6. The first-order valence-electron chi connectivity index (χ1n) is 8.34. The van der Waals surface area contributed by atoms with Crippen molar-refractivity contribution in [2.24, 2.45) is 4.99 Å². The highest BCUT2D eigenvalue weighted by atomic mass is 16.4. The number of guanidine groups is 1.